The maximum absolute atomic E-state index is 12.5. The summed E-state index contributed by atoms with van der Waals surface area (Å²) in [6.07, 6.45) is 6.44. The molecule has 2 aromatic heterocycles. The second-order valence-electron chi connectivity index (χ2n) is 5.80. The number of carbonyl (C=O) groups is 1. The van der Waals surface area contributed by atoms with Crippen LogP contribution in [0.5, 0.6) is 0 Å². The molecule has 1 unspecified atom stereocenters. The first-order valence-corrected chi connectivity index (χ1v) is 7.61. The second-order valence-corrected chi connectivity index (χ2v) is 5.80. The Kier molecular flexibility index (Phi) is 5.80. The van der Waals surface area contributed by atoms with Crippen LogP contribution in [-0.4, -0.2) is 47.5 Å². The van der Waals surface area contributed by atoms with Crippen LogP contribution in [0.3, 0.4) is 0 Å². The molecule has 5 nitrogen and oxygen atoms in total. The Hall–Kier alpha value is -1.59. The summed E-state index contributed by atoms with van der Waals surface area (Å²) in [7, 11) is 1.97. The molecule has 1 saturated heterocycles. The number of amides is 1. The van der Waals surface area contributed by atoms with E-state index in [0.717, 1.165) is 42.7 Å². The summed E-state index contributed by atoms with van der Waals surface area (Å²) in [6, 6.07) is 3.93. The molecule has 0 saturated carbocycles. The van der Waals surface area contributed by atoms with Gasteiger partial charge in [0.15, 0.2) is 0 Å². The highest BCUT2D eigenvalue weighted by molar-refractivity contribution is 5.87. The van der Waals surface area contributed by atoms with Gasteiger partial charge in [0.05, 0.1) is 6.42 Å². The monoisotopic (exact) mass is 322 g/mol. The fourth-order valence-corrected chi connectivity index (χ4v) is 3.18. The summed E-state index contributed by atoms with van der Waals surface area (Å²) >= 11 is 0. The van der Waals surface area contributed by atoms with Gasteiger partial charge in [-0.3, -0.25) is 4.79 Å². The van der Waals surface area contributed by atoms with Crippen LogP contribution in [0.25, 0.3) is 11.0 Å². The average molecular weight is 323 g/mol. The standard InChI is InChI=1S/C16H22N4O.ClH/c1-17-9-12-4-3-7-20(11-12)15(21)8-13-10-19-16-14(13)5-2-6-18-16;/h2,5-6,10,12,17H,3-4,7-9,11H2,1H3,(H,18,19);1H. The number of hydrogen-bond donors (Lipinski definition) is 2. The van der Waals surface area contributed by atoms with Gasteiger partial charge in [0.1, 0.15) is 5.65 Å². The van der Waals surface area contributed by atoms with E-state index in [0.29, 0.717) is 12.3 Å². The first-order valence-electron chi connectivity index (χ1n) is 7.61. The number of likely N-dealkylation sites (tertiary alicyclic amines) is 1. The van der Waals surface area contributed by atoms with Crippen LogP contribution >= 0.6 is 12.4 Å². The van der Waals surface area contributed by atoms with Gasteiger partial charge in [-0.15, -0.1) is 12.4 Å². The van der Waals surface area contributed by atoms with Crippen molar-refractivity contribution in [1.82, 2.24) is 20.2 Å². The van der Waals surface area contributed by atoms with Gasteiger partial charge in [0.25, 0.3) is 0 Å². The minimum atomic E-state index is 0. The van der Waals surface area contributed by atoms with Crippen molar-refractivity contribution in [3.63, 3.8) is 0 Å². The third kappa shape index (κ3) is 3.59. The summed E-state index contributed by atoms with van der Waals surface area (Å²) < 4.78 is 0. The van der Waals surface area contributed by atoms with Gasteiger partial charge in [-0.25, -0.2) is 4.98 Å². The van der Waals surface area contributed by atoms with Gasteiger partial charge in [0, 0.05) is 30.9 Å². The van der Waals surface area contributed by atoms with E-state index in [1.807, 2.05) is 30.3 Å². The minimum Gasteiger partial charge on any atom is -0.346 e. The molecule has 1 atom stereocenters. The lowest BCUT2D eigenvalue weighted by molar-refractivity contribution is -0.132. The van der Waals surface area contributed by atoms with Crippen molar-refractivity contribution in [1.29, 1.82) is 0 Å². The zero-order valence-electron chi connectivity index (χ0n) is 12.8. The molecular formula is C16H23ClN4O. The van der Waals surface area contributed by atoms with Gasteiger partial charge >= 0.3 is 0 Å². The molecule has 22 heavy (non-hydrogen) atoms. The van der Waals surface area contributed by atoms with Crippen LogP contribution in [0.1, 0.15) is 18.4 Å². The SMILES string of the molecule is CNCC1CCCN(C(=O)Cc2c[nH]c3ncccc23)C1.Cl. The lowest BCUT2D eigenvalue weighted by atomic mass is 9.97. The summed E-state index contributed by atoms with van der Waals surface area (Å²) in [5.74, 6) is 0.804. The highest BCUT2D eigenvalue weighted by Gasteiger charge is 2.23. The van der Waals surface area contributed by atoms with E-state index in [1.165, 1.54) is 6.42 Å². The van der Waals surface area contributed by atoms with Crippen LogP contribution in [0.15, 0.2) is 24.5 Å². The summed E-state index contributed by atoms with van der Waals surface area (Å²) in [6.45, 7) is 2.75. The first kappa shape index (κ1) is 16.8. The third-order valence-corrected chi connectivity index (χ3v) is 4.24. The van der Waals surface area contributed by atoms with Gasteiger partial charge in [0.2, 0.25) is 5.91 Å². The summed E-state index contributed by atoms with van der Waals surface area (Å²) in [5.41, 5.74) is 1.89. The topological polar surface area (TPSA) is 61.0 Å². The Morgan fingerprint density at radius 1 is 1.55 bits per heavy atom. The highest BCUT2D eigenvalue weighted by atomic mass is 35.5. The highest BCUT2D eigenvalue weighted by Crippen LogP contribution is 2.20. The fraction of sp³-hybridized carbons (Fsp3) is 0.500. The number of nitrogens with one attached hydrogen (secondary N) is 2. The molecule has 2 N–H and O–H groups in total. The Morgan fingerprint density at radius 2 is 2.41 bits per heavy atom. The van der Waals surface area contributed by atoms with Crippen molar-refractivity contribution < 1.29 is 4.79 Å². The molecule has 0 aromatic carbocycles. The number of nitrogens with zero attached hydrogens (tertiary/aromatic N) is 2. The third-order valence-electron chi connectivity index (χ3n) is 4.24. The van der Waals surface area contributed by atoms with Crippen molar-refractivity contribution in [2.75, 3.05) is 26.7 Å². The number of piperidine rings is 1. The normalized spacial score (nSPS) is 18.2. The fourth-order valence-electron chi connectivity index (χ4n) is 3.18. The predicted octanol–water partition coefficient (Wildman–Crippen LogP) is 1.99. The number of aromatic nitrogens is 2. The average Bonchev–Trinajstić information content (AvgIpc) is 2.91. The van der Waals surface area contributed by atoms with Crippen molar-refractivity contribution in [3.8, 4) is 0 Å². The summed E-state index contributed by atoms with van der Waals surface area (Å²) in [5, 5.41) is 4.27. The van der Waals surface area contributed by atoms with Crippen LogP contribution in [0.2, 0.25) is 0 Å². The number of carbonyl (C=O) groups excluding carboxylic acids is 1. The zero-order valence-corrected chi connectivity index (χ0v) is 13.7. The maximum atomic E-state index is 12.5. The number of pyridine rings is 1. The zero-order chi connectivity index (χ0) is 14.7. The van der Waals surface area contributed by atoms with E-state index < -0.39 is 0 Å². The minimum absolute atomic E-state index is 0. The molecular weight excluding hydrogens is 300 g/mol. The molecule has 0 radical (unpaired) electrons. The summed E-state index contributed by atoms with van der Waals surface area (Å²) in [4.78, 5) is 21.9. The molecule has 1 aliphatic heterocycles. The van der Waals surface area contributed by atoms with Gasteiger partial charge in [-0.1, -0.05) is 0 Å². The molecule has 0 aliphatic carbocycles. The van der Waals surface area contributed by atoms with E-state index >= 15 is 0 Å². The lowest BCUT2D eigenvalue weighted by Gasteiger charge is -2.32. The van der Waals surface area contributed by atoms with Gasteiger partial charge in [-0.2, -0.15) is 0 Å². The lowest BCUT2D eigenvalue weighted by Crippen LogP contribution is -2.43. The molecule has 1 amide bonds. The number of halogens is 1. The van der Waals surface area contributed by atoms with E-state index in [9.17, 15) is 4.79 Å². The Balaban J connectivity index is 0.00000176. The van der Waals surface area contributed by atoms with Crippen LogP contribution in [-0.2, 0) is 11.2 Å². The van der Waals surface area contributed by atoms with Crippen molar-refractivity contribution in [2.45, 2.75) is 19.3 Å². The Morgan fingerprint density at radius 3 is 3.23 bits per heavy atom. The smallest absolute Gasteiger partial charge is 0.227 e. The number of aromatic amines is 1. The molecule has 3 heterocycles. The largest absolute Gasteiger partial charge is 0.346 e. The number of H-pyrrole nitrogens is 1. The number of fused-ring (bicyclic) bond motifs is 1. The predicted molar refractivity (Wildman–Crippen MR) is 90.3 cm³/mol. The van der Waals surface area contributed by atoms with E-state index in [1.54, 1.807) is 6.20 Å². The number of rotatable bonds is 4. The molecule has 0 bridgehead atoms. The van der Waals surface area contributed by atoms with Crippen LogP contribution in [0, 0.1) is 5.92 Å². The van der Waals surface area contributed by atoms with E-state index in [4.69, 9.17) is 0 Å². The molecule has 120 valence electrons. The quantitative estimate of drug-likeness (QED) is 0.905. The van der Waals surface area contributed by atoms with Crippen LogP contribution < -0.4 is 5.32 Å². The molecule has 1 aliphatic rings. The Bertz CT molecular complexity index is 625. The van der Waals surface area contributed by atoms with E-state index in [2.05, 4.69) is 15.3 Å². The Labute approximate surface area is 136 Å². The van der Waals surface area contributed by atoms with Gasteiger partial charge < -0.3 is 15.2 Å². The number of hydrogen-bond acceptors (Lipinski definition) is 3. The van der Waals surface area contributed by atoms with E-state index in [-0.39, 0.29) is 18.3 Å². The van der Waals surface area contributed by atoms with Gasteiger partial charge in [-0.05, 0) is 50.0 Å². The molecule has 3 rings (SSSR count). The van der Waals surface area contributed by atoms with Crippen LogP contribution in [0.4, 0.5) is 0 Å². The molecule has 2 aromatic rings. The second kappa shape index (κ2) is 7.61. The maximum Gasteiger partial charge on any atom is 0.227 e. The molecule has 0 spiro atoms. The van der Waals surface area contributed by atoms with Crippen molar-refractivity contribution in [3.05, 3.63) is 30.1 Å². The first-order chi connectivity index (χ1) is 10.3. The van der Waals surface area contributed by atoms with Crippen molar-refractivity contribution >= 4 is 29.3 Å². The molecule has 1 fully saturated rings. The van der Waals surface area contributed by atoms with Crippen molar-refractivity contribution in [2.24, 2.45) is 5.92 Å². The molecule has 6 heteroatoms.